The van der Waals surface area contributed by atoms with Crippen LogP contribution in [0.2, 0.25) is 0 Å². The molecule has 0 unspecified atom stereocenters. The molecule has 0 saturated carbocycles. The number of hydrogen-bond acceptors (Lipinski definition) is 2. The number of nitrogens with zero attached hydrogens (tertiary/aromatic N) is 1. The summed E-state index contributed by atoms with van der Waals surface area (Å²) in [6.45, 7) is 4.57. The van der Waals surface area contributed by atoms with E-state index in [-0.39, 0.29) is 30.0 Å². The van der Waals surface area contributed by atoms with Crippen LogP contribution in [-0.4, -0.2) is 12.0 Å². The molecular formula is C17H22IN3O. The van der Waals surface area contributed by atoms with E-state index >= 15 is 0 Å². The van der Waals surface area contributed by atoms with Crippen molar-refractivity contribution >= 4 is 29.9 Å². The number of nitrogens with two attached hydrogens (primary N) is 1. The van der Waals surface area contributed by atoms with E-state index in [1.165, 1.54) is 0 Å². The Kier molecular flexibility index (Phi) is 7.73. The summed E-state index contributed by atoms with van der Waals surface area (Å²) < 4.78 is 5.80. The average Bonchev–Trinajstić information content (AvgIpc) is 2.46. The van der Waals surface area contributed by atoms with Crippen LogP contribution in [0, 0.1) is 0 Å². The quantitative estimate of drug-likeness (QED) is 0.446. The molecule has 3 N–H and O–H groups in total. The number of benzene rings is 2. The van der Waals surface area contributed by atoms with Crippen molar-refractivity contribution in [3.8, 4) is 11.5 Å². The predicted molar refractivity (Wildman–Crippen MR) is 102 cm³/mol. The van der Waals surface area contributed by atoms with Crippen LogP contribution in [0.25, 0.3) is 0 Å². The number of para-hydroxylation sites is 1. The van der Waals surface area contributed by atoms with Gasteiger partial charge in [-0.2, -0.15) is 0 Å². The lowest BCUT2D eigenvalue weighted by Crippen LogP contribution is -2.36. The van der Waals surface area contributed by atoms with Gasteiger partial charge in [0.1, 0.15) is 11.5 Å². The SMILES string of the molecule is CC(C)NC(N)=NCc1cccc(Oc2ccccc2)c1.I. The van der Waals surface area contributed by atoms with Crippen molar-refractivity contribution in [2.45, 2.75) is 26.4 Å². The Morgan fingerprint density at radius 1 is 1.09 bits per heavy atom. The third-order valence-corrected chi connectivity index (χ3v) is 2.75. The molecule has 4 nitrogen and oxygen atoms in total. The highest BCUT2D eigenvalue weighted by molar-refractivity contribution is 14.0. The van der Waals surface area contributed by atoms with Gasteiger partial charge in [-0.05, 0) is 43.7 Å². The molecule has 0 radical (unpaired) electrons. The molecule has 0 heterocycles. The Morgan fingerprint density at radius 3 is 2.45 bits per heavy atom. The first-order valence-electron chi connectivity index (χ1n) is 7.02. The molecule has 0 atom stereocenters. The minimum Gasteiger partial charge on any atom is -0.457 e. The van der Waals surface area contributed by atoms with Crippen LogP contribution < -0.4 is 15.8 Å². The summed E-state index contributed by atoms with van der Waals surface area (Å²) >= 11 is 0. The molecule has 2 rings (SSSR count). The number of aliphatic imine (C=N–C) groups is 1. The third-order valence-electron chi connectivity index (χ3n) is 2.75. The molecule has 0 aliphatic carbocycles. The highest BCUT2D eigenvalue weighted by Gasteiger charge is 2.00. The molecule has 0 fully saturated rings. The third kappa shape index (κ3) is 6.34. The Morgan fingerprint density at radius 2 is 1.77 bits per heavy atom. The molecule has 0 spiro atoms. The first-order valence-corrected chi connectivity index (χ1v) is 7.02. The fourth-order valence-electron chi connectivity index (χ4n) is 1.85. The highest BCUT2D eigenvalue weighted by Crippen LogP contribution is 2.21. The number of nitrogens with one attached hydrogen (secondary N) is 1. The Labute approximate surface area is 148 Å². The van der Waals surface area contributed by atoms with Crippen molar-refractivity contribution in [3.05, 3.63) is 60.2 Å². The summed E-state index contributed by atoms with van der Waals surface area (Å²) in [6, 6.07) is 17.8. The second-order valence-corrected chi connectivity index (χ2v) is 5.06. The van der Waals surface area contributed by atoms with Crippen molar-refractivity contribution in [3.63, 3.8) is 0 Å². The minimum absolute atomic E-state index is 0. The molecule has 2 aromatic rings. The Balaban J connectivity index is 0.00000242. The topological polar surface area (TPSA) is 59.6 Å². The molecule has 22 heavy (non-hydrogen) atoms. The molecular weight excluding hydrogens is 389 g/mol. The number of rotatable bonds is 5. The minimum atomic E-state index is 0. The number of halogens is 1. The standard InChI is InChI=1S/C17H21N3O.HI/c1-13(2)20-17(18)19-12-14-7-6-10-16(11-14)21-15-8-4-3-5-9-15;/h3-11,13H,12H2,1-2H3,(H3,18,19,20);1H. The van der Waals surface area contributed by atoms with E-state index in [2.05, 4.69) is 10.3 Å². The zero-order valence-corrected chi connectivity index (χ0v) is 15.2. The number of guanidine groups is 1. The van der Waals surface area contributed by atoms with Crippen molar-refractivity contribution < 1.29 is 4.74 Å². The van der Waals surface area contributed by atoms with Crippen LogP contribution in [0.3, 0.4) is 0 Å². The molecule has 0 amide bonds. The van der Waals surface area contributed by atoms with Gasteiger partial charge in [0.05, 0.1) is 6.54 Å². The number of hydrogen-bond donors (Lipinski definition) is 2. The summed E-state index contributed by atoms with van der Waals surface area (Å²) in [5.74, 6) is 2.07. The molecule has 118 valence electrons. The fourth-order valence-corrected chi connectivity index (χ4v) is 1.85. The monoisotopic (exact) mass is 411 g/mol. The van der Waals surface area contributed by atoms with Gasteiger partial charge >= 0.3 is 0 Å². The molecule has 0 aromatic heterocycles. The van der Waals surface area contributed by atoms with E-state index in [4.69, 9.17) is 10.5 Å². The van der Waals surface area contributed by atoms with Crippen molar-refractivity contribution in [2.75, 3.05) is 0 Å². The van der Waals surface area contributed by atoms with Crippen LogP contribution in [0.4, 0.5) is 0 Å². The van der Waals surface area contributed by atoms with Crippen molar-refractivity contribution in [2.24, 2.45) is 10.7 Å². The number of ether oxygens (including phenoxy) is 1. The summed E-state index contributed by atoms with van der Waals surface area (Å²) in [5.41, 5.74) is 6.84. The molecule has 0 saturated heterocycles. The van der Waals surface area contributed by atoms with Crippen molar-refractivity contribution in [1.29, 1.82) is 0 Å². The average molecular weight is 411 g/mol. The van der Waals surface area contributed by atoms with Crippen molar-refractivity contribution in [1.82, 2.24) is 5.32 Å². The van der Waals surface area contributed by atoms with Crippen LogP contribution in [0.15, 0.2) is 59.6 Å². The molecule has 2 aromatic carbocycles. The van der Waals surface area contributed by atoms with E-state index in [1.54, 1.807) is 0 Å². The first kappa shape index (κ1) is 18.3. The predicted octanol–water partition coefficient (Wildman–Crippen LogP) is 3.91. The van der Waals surface area contributed by atoms with Crippen LogP contribution in [0.1, 0.15) is 19.4 Å². The maximum atomic E-state index is 5.80. The van der Waals surface area contributed by atoms with Gasteiger partial charge in [0.25, 0.3) is 0 Å². The lowest BCUT2D eigenvalue weighted by Gasteiger charge is -2.09. The lowest BCUT2D eigenvalue weighted by atomic mass is 10.2. The van der Waals surface area contributed by atoms with E-state index in [0.29, 0.717) is 12.5 Å². The fraction of sp³-hybridized carbons (Fsp3) is 0.235. The smallest absolute Gasteiger partial charge is 0.189 e. The van der Waals surface area contributed by atoms with E-state index in [0.717, 1.165) is 17.1 Å². The second-order valence-electron chi connectivity index (χ2n) is 5.06. The van der Waals surface area contributed by atoms with Gasteiger partial charge in [0.2, 0.25) is 0 Å². The Bertz CT molecular complexity index is 600. The van der Waals surface area contributed by atoms with E-state index < -0.39 is 0 Å². The first-order chi connectivity index (χ1) is 10.1. The second kappa shape index (κ2) is 9.30. The van der Waals surface area contributed by atoms with Gasteiger partial charge in [0.15, 0.2) is 5.96 Å². The van der Waals surface area contributed by atoms with E-state index in [1.807, 2.05) is 68.4 Å². The van der Waals surface area contributed by atoms with Crippen LogP contribution in [0.5, 0.6) is 11.5 Å². The molecule has 0 bridgehead atoms. The normalized spacial score (nSPS) is 11.0. The summed E-state index contributed by atoms with van der Waals surface area (Å²) in [4.78, 5) is 4.31. The zero-order chi connectivity index (χ0) is 15.1. The molecule has 0 aliphatic rings. The van der Waals surface area contributed by atoms with Gasteiger partial charge < -0.3 is 15.8 Å². The van der Waals surface area contributed by atoms with E-state index in [9.17, 15) is 0 Å². The largest absolute Gasteiger partial charge is 0.457 e. The summed E-state index contributed by atoms with van der Waals surface area (Å²) in [5, 5.41) is 3.06. The summed E-state index contributed by atoms with van der Waals surface area (Å²) in [7, 11) is 0. The van der Waals surface area contributed by atoms with Gasteiger partial charge in [0, 0.05) is 6.04 Å². The summed E-state index contributed by atoms with van der Waals surface area (Å²) in [6.07, 6.45) is 0. The van der Waals surface area contributed by atoms with Crippen LogP contribution >= 0.6 is 24.0 Å². The molecule has 0 aliphatic heterocycles. The van der Waals surface area contributed by atoms with Gasteiger partial charge in [-0.1, -0.05) is 30.3 Å². The van der Waals surface area contributed by atoms with Crippen LogP contribution in [-0.2, 0) is 6.54 Å². The zero-order valence-electron chi connectivity index (χ0n) is 12.8. The van der Waals surface area contributed by atoms with Gasteiger partial charge in [-0.15, -0.1) is 24.0 Å². The maximum Gasteiger partial charge on any atom is 0.189 e. The van der Waals surface area contributed by atoms with Gasteiger partial charge in [-0.25, -0.2) is 4.99 Å². The molecule has 5 heteroatoms. The van der Waals surface area contributed by atoms with Gasteiger partial charge in [-0.3, -0.25) is 0 Å². The maximum absolute atomic E-state index is 5.80. The highest BCUT2D eigenvalue weighted by atomic mass is 127. The lowest BCUT2D eigenvalue weighted by molar-refractivity contribution is 0.482. The Hall–Kier alpha value is -1.76.